The lowest BCUT2D eigenvalue weighted by Gasteiger charge is -2.24. The summed E-state index contributed by atoms with van der Waals surface area (Å²) in [7, 11) is 5.92. The maximum absolute atomic E-state index is 5.53. The Morgan fingerprint density at radius 2 is 2.09 bits per heavy atom. The fourth-order valence-corrected chi connectivity index (χ4v) is 2.41. The molecule has 0 amide bonds. The predicted molar refractivity (Wildman–Crippen MR) is 109 cm³/mol. The topological polar surface area (TPSA) is 52.8 Å². The smallest absolute Gasteiger partial charge is 0.191 e. The molecule has 23 heavy (non-hydrogen) atoms. The fourth-order valence-electron chi connectivity index (χ4n) is 2.41. The number of rotatable bonds is 9. The van der Waals surface area contributed by atoms with E-state index < -0.39 is 0 Å². The molecule has 2 atom stereocenters. The zero-order valence-corrected chi connectivity index (χ0v) is 17.5. The summed E-state index contributed by atoms with van der Waals surface area (Å²) in [5.74, 6) is 1.81. The molecule has 5 nitrogen and oxygen atoms in total. The van der Waals surface area contributed by atoms with E-state index in [1.807, 2.05) is 19.2 Å². The van der Waals surface area contributed by atoms with Gasteiger partial charge >= 0.3 is 0 Å². The number of halogens is 1. The van der Waals surface area contributed by atoms with Crippen LogP contribution in [0.25, 0.3) is 0 Å². The van der Waals surface area contributed by atoms with Crippen molar-refractivity contribution in [2.24, 2.45) is 4.99 Å². The standard InChI is InChI=1S/C17H32N4O.HI/c1-6-7-8-10-14(2)20-17(18-3)19-13-15(21(4)5)16-11-9-12-22-16;/h9,11-12,14-15H,6-8,10,13H2,1-5H3,(H2,18,19,20);1H. The number of furan rings is 1. The molecule has 0 saturated heterocycles. The van der Waals surface area contributed by atoms with Crippen molar-refractivity contribution in [3.63, 3.8) is 0 Å². The van der Waals surface area contributed by atoms with Gasteiger partial charge in [-0.2, -0.15) is 0 Å². The molecule has 0 aromatic carbocycles. The zero-order chi connectivity index (χ0) is 16.4. The molecule has 1 rings (SSSR count). The van der Waals surface area contributed by atoms with E-state index in [1.165, 1.54) is 25.7 Å². The minimum absolute atomic E-state index is 0. The Balaban J connectivity index is 0.00000484. The van der Waals surface area contributed by atoms with Gasteiger partial charge in [0.05, 0.1) is 12.3 Å². The van der Waals surface area contributed by atoms with Crippen LogP contribution in [0.5, 0.6) is 0 Å². The molecule has 1 aromatic rings. The van der Waals surface area contributed by atoms with Gasteiger partial charge in [-0.15, -0.1) is 24.0 Å². The number of hydrogen-bond donors (Lipinski definition) is 2. The number of likely N-dealkylation sites (N-methyl/N-ethyl adjacent to an activating group) is 1. The minimum atomic E-state index is 0. The molecular formula is C17H33IN4O. The molecule has 1 aromatic heterocycles. The molecule has 0 saturated carbocycles. The molecule has 0 aliphatic heterocycles. The second-order valence-electron chi connectivity index (χ2n) is 5.99. The second kappa shape index (κ2) is 12.6. The molecule has 0 bridgehead atoms. The van der Waals surface area contributed by atoms with Crippen LogP contribution in [0.15, 0.2) is 27.8 Å². The largest absolute Gasteiger partial charge is 0.468 e. The maximum Gasteiger partial charge on any atom is 0.191 e. The minimum Gasteiger partial charge on any atom is -0.468 e. The van der Waals surface area contributed by atoms with Crippen molar-refractivity contribution >= 4 is 29.9 Å². The highest BCUT2D eigenvalue weighted by atomic mass is 127. The quantitative estimate of drug-likeness (QED) is 0.269. The Kier molecular flexibility index (Phi) is 12.2. The zero-order valence-electron chi connectivity index (χ0n) is 15.1. The van der Waals surface area contributed by atoms with E-state index in [1.54, 1.807) is 6.26 Å². The summed E-state index contributed by atoms with van der Waals surface area (Å²) in [6.45, 7) is 5.19. The molecule has 1 heterocycles. The molecule has 134 valence electrons. The highest BCUT2D eigenvalue weighted by Gasteiger charge is 2.17. The van der Waals surface area contributed by atoms with Crippen molar-refractivity contribution in [3.8, 4) is 0 Å². The van der Waals surface area contributed by atoms with Gasteiger partial charge in [-0.1, -0.05) is 26.2 Å². The Bertz CT molecular complexity index is 420. The van der Waals surface area contributed by atoms with Gasteiger partial charge in [0, 0.05) is 19.6 Å². The van der Waals surface area contributed by atoms with Crippen molar-refractivity contribution in [3.05, 3.63) is 24.2 Å². The Hall–Kier alpha value is -0.760. The van der Waals surface area contributed by atoms with Crippen LogP contribution in [-0.4, -0.2) is 44.6 Å². The van der Waals surface area contributed by atoms with Crippen LogP contribution < -0.4 is 10.6 Å². The Labute approximate surface area is 158 Å². The maximum atomic E-state index is 5.53. The van der Waals surface area contributed by atoms with Gasteiger partial charge in [0.15, 0.2) is 5.96 Å². The molecular weight excluding hydrogens is 403 g/mol. The normalized spacial score (nSPS) is 14.3. The van der Waals surface area contributed by atoms with Crippen molar-refractivity contribution < 1.29 is 4.42 Å². The van der Waals surface area contributed by atoms with Crippen molar-refractivity contribution in [1.29, 1.82) is 0 Å². The van der Waals surface area contributed by atoms with Crippen LogP contribution in [0.3, 0.4) is 0 Å². The summed E-state index contributed by atoms with van der Waals surface area (Å²) >= 11 is 0. The molecule has 2 unspecified atom stereocenters. The third-order valence-corrected chi connectivity index (χ3v) is 3.81. The number of hydrogen-bond acceptors (Lipinski definition) is 3. The van der Waals surface area contributed by atoms with Gasteiger partial charge in [0.2, 0.25) is 0 Å². The second-order valence-corrected chi connectivity index (χ2v) is 5.99. The number of guanidine groups is 1. The summed E-state index contributed by atoms with van der Waals surface area (Å²) in [5.41, 5.74) is 0. The van der Waals surface area contributed by atoms with Crippen LogP contribution in [0.2, 0.25) is 0 Å². The molecule has 0 aliphatic rings. The monoisotopic (exact) mass is 436 g/mol. The van der Waals surface area contributed by atoms with E-state index in [0.717, 1.165) is 18.3 Å². The Morgan fingerprint density at radius 3 is 2.61 bits per heavy atom. The van der Waals surface area contributed by atoms with Gasteiger partial charge < -0.3 is 15.1 Å². The number of nitrogens with zero attached hydrogens (tertiary/aromatic N) is 2. The van der Waals surface area contributed by atoms with Crippen molar-refractivity contribution in [2.45, 2.75) is 51.6 Å². The van der Waals surface area contributed by atoms with Crippen LogP contribution in [0, 0.1) is 0 Å². The van der Waals surface area contributed by atoms with Crippen LogP contribution in [-0.2, 0) is 0 Å². The van der Waals surface area contributed by atoms with E-state index in [-0.39, 0.29) is 30.0 Å². The van der Waals surface area contributed by atoms with Gasteiger partial charge in [0.25, 0.3) is 0 Å². The summed E-state index contributed by atoms with van der Waals surface area (Å²) < 4.78 is 5.53. The first kappa shape index (κ1) is 22.2. The lowest BCUT2D eigenvalue weighted by molar-refractivity contribution is 0.258. The number of aliphatic imine (C=N–C) groups is 1. The van der Waals surface area contributed by atoms with Gasteiger partial charge in [-0.25, -0.2) is 0 Å². The molecule has 0 aliphatic carbocycles. The highest BCUT2D eigenvalue weighted by Crippen LogP contribution is 2.17. The van der Waals surface area contributed by atoms with Gasteiger partial charge in [0.1, 0.15) is 5.76 Å². The van der Waals surface area contributed by atoms with Gasteiger partial charge in [-0.05, 0) is 39.6 Å². The molecule has 2 N–H and O–H groups in total. The number of unbranched alkanes of at least 4 members (excludes halogenated alkanes) is 2. The third-order valence-electron chi connectivity index (χ3n) is 3.81. The van der Waals surface area contributed by atoms with Gasteiger partial charge in [-0.3, -0.25) is 9.89 Å². The van der Waals surface area contributed by atoms with E-state index in [2.05, 4.69) is 48.5 Å². The summed E-state index contributed by atoms with van der Waals surface area (Å²) in [4.78, 5) is 6.46. The van der Waals surface area contributed by atoms with Crippen LogP contribution >= 0.6 is 24.0 Å². The third kappa shape index (κ3) is 8.60. The first-order chi connectivity index (χ1) is 10.6. The summed E-state index contributed by atoms with van der Waals surface area (Å²) in [6.07, 6.45) is 6.69. The SMILES string of the molecule is CCCCCC(C)NC(=NC)NCC(c1ccco1)N(C)C.I. The lowest BCUT2D eigenvalue weighted by Crippen LogP contribution is -2.45. The summed E-state index contributed by atoms with van der Waals surface area (Å²) in [5, 5.41) is 6.85. The molecule has 0 fully saturated rings. The molecule has 0 spiro atoms. The number of nitrogens with one attached hydrogen (secondary N) is 2. The van der Waals surface area contributed by atoms with Crippen LogP contribution in [0.4, 0.5) is 0 Å². The van der Waals surface area contributed by atoms with Crippen molar-refractivity contribution in [1.82, 2.24) is 15.5 Å². The average Bonchev–Trinajstić information content (AvgIpc) is 3.00. The lowest BCUT2D eigenvalue weighted by atomic mass is 10.1. The first-order valence-corrected chi connectivity index (χ1v) is 8.25. The van der Waals surface area contributed by atoms with Crippen molar-refractivity contribution in [2.75, 3.05) is 27.7 Å². The fraction of sp³-hybridized carbons (Fsp3) is 0.706. The van der Waals surface area contributed by atoms with E-state index in [9.17, 15) is 0 Å². The predicted octanol–water partition coefficient (Wildman–Crippen LogP) is 3.63. The summed E-state index contributed by atoms with van der Waals surface area (Å²) in [6, 6.07) is 4.55. The van der Waals surface area contributed by atoms with E-state index in [0.29, 0.717) is 6.04 Å². The first-order valence-electron chi connectivity index (χ1n) is 8.25. The van der Waals surface area contributed by atoms with E-state index >= 15 is 0 Å². The van der Waals surface area contributed by atoms with E-state index in [4.69, 9.17) is 4.42 Å². The highest BCUT2D eigenvalue weighted by molar-refractivity contribution is 14.0. The average molecular weight is 436 g/mol. The molecule has 6 heteroatoms. The van der Waals surface area contributed by atoms with Crippen LogP contribution in [0.1, 0.15) is 51.3 Å². The Morgan fingerprint density at radius 1 is 1.35 bits per heavy atom. The molecule has 0 radical (unpaired) electrons.